The van der Waals surface area contributed by atoms with Crippen molar-refractivity contribution in [2.45, 2.75) is 78.1 Å². The summed E-state index contributed by atoms with van der Waals surface area (Å²) in [4.78, 5) is 28.3. The molecule has 1 aromatic heterocycles. The van der Waals surface area contributed by atoms with Gasteiger partial charge in [0.1, 0.15) is 5.60 Å². The number of ether oxygens (including phenoxy) is 1. The van der Waals surface area contributed by atoms with Gasteiger partial charge < -0.3 is 9.64 Å². The largest absolute Gasteiger partial charge is 0.444 e. The molecule has 0 N–H and O–H groups in total. The Hall–Kier alpha value is -1.89. The van der Waals surface area contributed by atoms with Crippen LogP contribution in [0.5, 0.6) is 0 Å². The van der Waals surface area contributed by atoms with E-state index in [0.717, 1.165) is 31.6 Å². The van der Waals surface area contributed by atoms with E-state index in [9.17, 15) is 9.59 Å². The first-order chi connectivity index (χ1) is 12.4. The highest BCUT2D eigenvalue weighted by molar-refractivity contribution is 5.68. The zero-order chi connectivity index (χ0) is 20.4. The van der Waals surface area contributed by atoms with Crippen LogP contribution in [0.4, 0.5) is 4.79 Å². The summed E-state index contributed by atoms with van der Waals surface area (Å²) in [5.41, 5.74) is 0.229. The van der Waals surface area contributed by atoms with Crippen LogP contribution in [0.1, 0.15) is 60.1 Å². The highest BCUT2D eigenvalue weighted by Gasteiger charge is 2.29. The summed E-state index contributed by atoms with van der Waals surface area (Å²) in [6, 6.07) is 3.55. The molecule has 0 saturated carbocycles. The van der Waals surface area contributed by atoms with Crippen LogP contribution in [0.2, 0.25) is 0 Å². The molecule has 0 aliphatic carbocycles. The van der Waals surface area contributed by atoms with Crippen LogP contribution in [-0.4, -0.2) is 57.5 Å². The fourth-order valence-corrected chi connectivity index (χ4v) is 3.07. The molecule has 1 aromatic rings. The molecule has 27 heavy (non-hydrogen) atoms. The summed E-state index contributed by atoms with van der Waals surface area (Å²) in [6.45, 7) is 14.0. The normalized spacial score (nSPS) is 17.0. The van der Waals surface area contributed by atoms with Crippen molar-refractivity contribution in [2.75, 3.05) is 20.1 Å². The van der Waals surface area contributed by atoms with Gasteiger partial charge in [-0.05, 0) is 39.7 Å². The second-order valence-electron chi connectivity index (χ2n) is 9.39. The van der Waals surface area contributed by atoms with Crippen LogP contribution < -0.4 is 5.56 Å². The third-order valence-corrected chi connectivity index (χ3v) is 4.76. The molecule has 1 aliphatic heterocycles. The maximum Gasteiger partial charge on any atom is 0.410 e. The third kappa shape index (κ3) is 6.06. The molecule has 2 heterocycles. The van der Waals surface area contributed by atoms with Gasteiger partial charge in [-0.3, -0.25) is 9.69 Å². The Morgan fingerprint density at radius 1 is 1.19 bits per heavy atom. The van der Waals surface area contributed by atoms with Crippen molar-refractivity contribution in [2.24, 2.45) is 0 Å². The highest BCUT2D eigenvalue weighted by Crippen LogP contribution is 2.20. The van der Waals surface area contributed by atoms with Gasteiger partial charge in [-0.15, -0.1) is 0 Å². The van der Waals surface area contributed by atoms with E-state index in [1.807, 2.05) is 20.8 Å². The molecule has 0 unspecified atom stereocenters. The zero-order valence-electron chi connectivity index (χ0n) is 17.8. The Labute approximate surface area is 162 Å². The molecular weight excluding hydrogens is 344 g/mol. The van der Waals surface area contributed by atoms with E-state index in [0.29, 0.717) is 6.67 Å². The number of hydrogen-bond acceptors (Lipinski definition) is 5. The molecule has 0 bridgehead atoms. The van der Waals surface area contributed by atoms with Crippen molar-refractivity contribution in [1.29, 1.82) is 0 Å². The number of carbonyl (C=O) groups excluding carboxylic acids is 1. The molecule has 1 fully saturated rings. The Morgan fingerprint density at radius 3 is 2.30 bits per heavy atom. The van der Waals surface area contributed by atoms with Crippen molar-refractivity contribution in [3.8, 4) is 0 Å². The van der Waals surface area contributed by atoms with Gasteiger partial charge in [0.15, 0.2) is 0 Å². The van der Waals surface area contributed by atoms with Crippen LogP contribution >= 0.6 is 0 Å². The Kier molecular flexibility index (Phi) is 6.35. The summed E-state index contributed by atoms with van der Waals surface area (Å²) in [5.74, 6) is 0. The zero-order valence-corrected chi connectivity index (χ0v) is 17.8. The van der Waals surface area contributed by atoms with E-state index < -0.39 is 5.60 Å². The predicted octanol–water partition coefficient (Wildman–Crippen LogP) is 2.83. The van der Waals surface area contributed by atoms with Crippen LogP contribution in [0.15, 0.2) is 16.9 Å². The van der Waals surface area contributed by atoms with Gasteiger partial charge in [-0.1, -0.05) is 20.8 Å². The van der Waals surface area contributed by atoms with E-state index in [4.69, 9.17) is 4.74 Å². The summed E-state index contributed by atoms with van der Waals surface area (Å²) in [7, 11) is 1.80. The van der Waals surface area contributed by atoms with E-state index in [-0.39, 0.29) is 23.1 Å². The van der Waals surface area contributed by atoms with Crippen LogP contribution in [0, 0.1) is 0 Å². The lowest BCUT2D eigenvalue weighted by molar-refractivity contribution is 0.0134. The van der Waals surface area contributed by atoms with E-state index in [2.05, 4.69) is 30.8 Å². The smallest absolute Gasteiger partial charge is 0.410 e. The average molecular weight is 379 g/mol. The number of carbonyl (C=O) groups is 1. The molecule has 1 amide bonds. The Morgan fingerprint density at radius 2 is 1.78 bits per heavy atom. The molecular formula is C20H34N4O3. The van der Waals surface area contributed by atoms with Crippen molar-refractivity contribution >= 4 is 6.09 Å². The minimum atomic E-state index is -0.489. The molecule has 0 spiro atoms. The summed E-state index contributed by atoms with van der Waals surface area (Å²) in [5, 5.41) is 4.54. The number of amides is 1. The first-order valence-corrected chi connectivity index (χ1v) is 9.63. The van der Waals surface area contributed by atoms with Gasteiger partial charge in [0.25, 0.3) is 5.56 Å². The second-order valence-corrected chi connectivity index (χ2v) is 9.39. The molecule has 0 atom stereocenters. The topological polar surface area (TPSA) is 67.7 Å². The molecule has 1 aliphatic rings. The van der Waals surface area contributed by atoms with Gasteiger partial charge in [-0.2, -0.15) is 5.10 Å². The predicted molar refractivity (Wildman–Crippen MR) is 106 cm³/mol. The van der Waals surface area contributed by atoms with E-state index in [1.165, 1.54) is 0 Å². The molecule has 7 heteroatoms. The molecule has 2 rings (SSSR count). The van der Waals surface area contributed by atoms with Gasteiger partial charge in [0.05, 0.1) is 12.4 Å². The number of aromatic nitrogens is 2. The quantitative estimate of drug-likeness (QED) is 0.809. The monoisotopic (exact) mass is 378 g/mol. The second kappa shape index (κ2) is 8.00. The fraction of sp³-hybridized carbons (Fsp3) is 0.750. The van der Waals surface area contributed by atoms with Gasteiger partial charge in [-0.25, -0.2) is 9.48 Å². The van der Waals surface area contributed by atoms with Crippen molar-refractivity contribution in [3.63, 3.8) is 0 Å². The molecule has 0 radical (unpaired) electrons. The van der Waals surface area contributed by atoms with Crippen LogP contribution in [0.3, 0.4) is 0 Å². The maximum absolute atomic E-state index is 12.2. The summed E-state index contributed by atoms with van der Waals surface area (Å²) < 4.78 is 6.99. The first kappa shape index (κ1) is 21.4. The van der Waals surface area contributed by atoms with Crippen molar-refractivity contribution < 1.29 is 9.53 Å². The number of piperidine rings is 1. The minimum absolute atomic E-state index is 0.0870. The lowest BCUT2D eigenvalue weighted by Gasteiger charge is -2.37. The van der Waals surface area contributed by atoms with Crippen molar-refractivity contribution in [1.82, 2.24) is 19.6 Å². The number of nitrogens with zero attached hydrogens (tertiary/aromatic N) is 4. The maximum atomic E-state index is 12.2. The summed E-state index contributed by atoms with van der Waals surface area (Å²) in [6.07, 6.45) is 1.42. The minimum Gasteiger partial charge on any atom is -0.444 e. The first-order valence-electron chi connectivity index (χ1n) is 9.63. The van der Waals surface area contributed by atoms with E-state index >= 15 is 0 Å². The fourth-order valence-electron chi connectivity index (χ4n) is 3.07. The summed E-state index contributed by atoms with van der Waals surface area (Å²) >= 11 is 0. The number of likely N-dealkylation sites (tertiary alicyclic amines) is 1. The Balaban J connectivity index is 1.95. The SMILES string of the molecule is CN(C(=O)OC(C)(C)C)C1CCN(Cn2nc(C(C)(C)C)ccc2=O)CC1. The van der Waals surface area contributed by atoms with Crippen LogP contribution in [-0.2, 0) is 16.8 Å². The van der Waals surface area contributed by atoms with Gasteiger partial charge >= 0.3 is 6.09 Å². The number of rotatable bonds is 3. The molecule has 1 saturated heterocycles. The lowest BCUT2D eigenvalue weighted by Crippen LogP contribution is -2.48. The van der Waals surface area contributed by atoms with Gasteiger partial charge in [0.2, 0.25) is 0 Å². The molecule has 152 valence electrons. The van der Waals surface area contributed by atoms with Crippen LogP contribution in [0.25, 0.3) is 0 Å². The number of hydrogen-bond donors (Lipinski definition) is 0. The van der Waals surface area contributed by atoms with Crippen molar-refractivity contribution in [3.05, 3.63) is 28.2 Å². The molecule has 0 aromatic carbocycles. The van der Waals surface area contributed by atoms with E-state index in [1.54, 1.807) is 28.8 Å². The Bertz CT molecular complexity index is 707. The average Bonchev–Trinajstić information content (AvgIpc) is 2.54. The third-order valence-electron chi connectivity index (χ3n) is 4.76. The molecule has 7 nitrogen and oxygen atoms in total. The lowest BCUT2D eigenvalue weighted by atomic mass is 9.92. The highest BCUT2D eigenvalue weighted by atomic mass is 16.6. The standard InChI is InChI=1S/C20H34N4O3/c1-19(2,3)16-8-9-17(25)24(21-16)14-23-12-10-15(11-13-23)22(7)18(26)27-20(4,5)6/h8-9,15H,10-14H2,1-7H3. The van der Waals surface area contributed by atoms with Gasteiger partial charge in [0, 0.05) is 37.7 Å².